The van der Waals surface area contributed by atoms with Gasteiger partial charge in [0.2, 0.25) is 0 Å². The molecule has 0 spiro atoms. The summed E-state index contributed by atoms with van der Waals surface area (Å²) in [7, 11) is -7.40. The van der Waals surface area contributed by atoms with E-state index in [1.807, 2.05) is 0 Å². The van der Waals surface area contributed by atoms with Crippen molar-refractivity contribution in [2.24, 2.45) is 0 Å². The van der Waals surface area contributed by atoms with Crippen LogP contribution < -0.4 is 5.32 Å². The van der Waals surface area contributed by atoms with Gasteiger partial charge in [0.1, 0.15) is 0 Å². The molecule has 6 nitrogen and oxygen atoms in total. The van der Waals surface area contributed by atoms with Gasteiger partial charge in [0.25, 0.3) is 10.1 Å². The van der Waals surface area contributed by atoms with E-state index >= 15 is 0 Å². The van der Waals surface area contributed by atoms with E-state index < -0.39 is 20.0 Å². The molecule has 1 aromatic carbocycles. The third kappa shape index (κ3) is 5.41. The molecule has 0 aliphatic carbocycles. The molecule has 8 heteroatoms. The molecule has 0 fully saturated rings. The van der Waals surface area contributed by atoms with Crippen molar-refractivity contribution in [2.75, 3.05) is 17.6 Å². The molecule has 0 saturated carbocycles. The van der Waals surface area contributed by atoms with E-state index in [9.17, 15) is 16.8 Å². The monoisotopic (exact) mass is 305 g/mol. The second-order valence-corrected chi connectivity index (χ2v) is 7.30. The largest absolute Gasteiger partial charge is 0.382 e. The molecule has 0 saturated heterocycles. The second kappa shape index (κ2) is 6.18. The van der Waals surface area contributed by atoms with Crippen molar-refractivity contribution in [3.63, 3.8) is 0 Å². The molecule has 0 atom stereocenters. The Balaban J connectivity index is 2.70. The lowest BCUT2D eigenvalue weighted by atomic mass is 10.3. The number of sulfone groups is 1. The quantitative estimate of drug-likeness (QED) is 0.768. The van der Waals surface area contributed by atoms with Gasteiger partial charge in [-0.3, -0.25) is 4.55 Å². The molecular formula is C11H15NO5S2. The maximum Gasteiger partial charge on any atom is 0.294 e. The fourth-order valence-electron chi connectivity index (χ4n) is 1.23. The van der Waals surface area contributed by atoms with E-state index in [1.54, 1.807) is 13.0 Å². The summed E-state index contributed by atoms with van der Waals surface area (Å²) in [6.07, 6.45) is 1.43. The first kappa shape index (κ1) is 15.7. The molecule has 0 aliphatic heterocycles. The van der Waals surface area contributed by atoms with Crippen molar-refractivity contribution in [3.05, 3.63) is 35.7 Å². The third-order valence-electron chi connectivity index (χ3n) is 2.26. The van der Waals surface area contributed by atoms with Gasteiger partial charge < -0.3 is 5.32 Å². The van der Waals surface area contributed by atoms with Crippen molar-refractivity contribution in [3.8, 4) is 0 Å². The fraction of sp³-hybridized carbons (Fsp3) is 0.273. The first-order valence-electron chi connectivity index (χ1n) is 5.45. The standard InChI is InChI=1S/C11H15NO5S2/c1-2-18(13,14)8-4-7-12-10-5-3-6-11(9-10)19(15,16)17/h3-6,8-9,12H,2,7H2,1H3,(H,15,16,17). The van der Waals surface area contributed by atoms with Crippen molar-refractivity contribution in [1.29, 1.82) is 0 Å². The van der Waals surface area contributed by atoms with Gasteiger partial charge >= 0.3 is 0 Å². The predicted molar refractivity (Wildman–Crippen MR) is 73.3 cm³/mol. The first-order chi connectivity index (χ1) is 8.74. The lowest BCUT2D eigenvalue weighted by molar-refractivity contribution is 0.483. The zero-order valence-corrected chi connectivity index (χ0v) is 11.9. The summed E-state index contributed by atoms with van der Waals surface area (Å²) in [6, 6.07) is 5.60. The van der Waals surface area contributed by atoms with Gasteiger partial charge in [-0.15, -0.1) is 0 Å². The highest BCUT2D eigenvalue weighted by atomic mass is 32.2. The minimum atomic E-state index is -4.24. The zero-order chi connectivity index (χ0) is 14.5. The summed E-state index contributed by atoms with van der Waals surface area (Å²) >= 11 is 0. The molecule has 0 aromatic heterocycles. The maximum atomic E-state index is 11.2. The highest BCUT2D eigenvalue weighted by Gasteiger charge is 2.08. The summed E-state index contributed by atoms with van der Waals surface area (Å²) < 4.78 is 53.1. The highest BCUT2D eigenvalue weighted by Crippen LogP contribution is 2.14. The second-order valence-electron chi connectivity index (χ2n) is 3.71. The Hall–Kier alpha value is -1.38. The topological polar surface area (TPSA) is 101 Å². The smallest absolute Gasteiger partial charge is 0.294 e. The summed E-state index contributed by atoms with van der Waals surface area (Å²) in [5.74, 6) is 0.0295. The third-order valence-corrected chi connectivity index (χ3v) is 4.52. The van der Waals surface area contributed by atoms with Crippen molar-refractivity contribution >= 4 is 25.6 Å². The molecule has 0 bridgehead atoms. The lowest BCUT2D eigenvalue weighted by Crippen LogP contribution is -2.03. The molecule has 0 unspecified atom stereocenters. The maximum absolute atomic E-state index is 11.2. The summed E-state index contributed by atoms with van der Waals surface area (Å²) in [5.41, 5.74) is 0.466. The van der Waals surface area contributed by atoms with Crippen LogP contribution in [0.25, 0.3) is 0 Å². The molecule has 106 valence electrons. The predicted octanol–water partition coefficient (Wildman–Crippen LogP) is 1.29. The fourth-order valence-corrected chi connectivity index (χ4v) is 2.34. The van der Waals surface area contributed by atoms with Gasteiger partial charge in [0.05, 0.1) is 10.6 Å². The SMILES string of the molecule is CCS(=O)(=O)C=CCNc1cccc(S(=O)(=O)O)c1. The number of rotatable bonds is 6. The van der Waals surface area contributed by atoms with Crippen LogP contribution in [0.4, 0.5) is 5.69 Å². The normalized spacial score (nSPS) is 12.7. The molecule has 0 amide bonds. The van der Waals surface area contributed by atoms with Gasteiger partial charge in [0, 0.05) is 17.6 Å². The Kier molecular flexibility index (Phi) is 5.10. The van der Waals surface area contributed by atoms with Gasteiger partial charge in [-0.25, -0.2) is 8.42 Å². The van der Waals surface area contributed by atoms with E-state index in [0.717, 1.165) is 5.41 Å². The Morgan fingerprint density at radius 2 is 1.95 bits per heavy atom. The Morgan fingerprint density at radius 3 is 2.53 bits per heavy atom. The van der Waals surface area contributed by atoms with Crippen LogP contribution in [0.3, 0.4) is 0 Å². The molecule has 0 radical (unpaired) electrons. The van der Waals surface area contributed by atoms with E-state index in [2.05, 4.69) is 5.32 Å². The Labute approximate surface area is 112 Å². The van der Waals surface area contributed by atoms with Crippen molar-refractivity contribution < 1.29 is 21.4 Å². The van der Waals surface area contributed by atoms with Crippen LogP contribution in [0, 0.1) is 0 Å². The molecule has 0 aliphatic rings. The summed E-state index contributed by atoms with van der Waals surface area (Å²) in [5, 5.41) is 3.93. The minimum Gasteiger partial charge on any atom is -0.382 e. The number of nitrogens with one attached hydrogen (secondary N) is 1. The average Bonchev–Trinajstić information content (AvgIpc) is 2.34. The lowest BCUT2D eigenvalue weighted by Gasteiger charge is -2.04. The van der Waals surface area contributed by atoms with Crippen LogP contribution in [0.1, 0.15) is 6.92 Å². The summed E-state index contributed by atoms with van der Waals surface area (Å²) in [6.45, 7) is 1.77. The van der Waals surface area contributed by atoms with Crippen LogP contribution >= 0.6 is 0 Å². The highest BCUT2D eigenvalue weighted by molar-refractivity contribution is 7.94. The Bertz CT molecular complexity index is 662. The molecule has 0 heterocycles. The number of hydrogen-bond acceptors (Lipinski definition) is 5. The number of hydrogen-bond donors (Lipinski definition) is 2. The van der Waals surface area contributed by atoms with Crippen LogP contribution in [-0.4, -0.2) is 33.7 Å². The van der Waals surface area contributed by atoms with Crippen LogP contribution in [0.5, 0.6) is 0 Å². The molecule has 2 N–H and O–H groups in total. The van der Waals surface area contributed by atoms with Gasteiger partial charge in [-0.1, -0.05) is 19.1 Å². The average molecular weight is 305 g/mol. The van der Waals surface area contributed by atoms with Crippen molar-refractivity contribution in [2.45, 2.75) is 11.8 Å². The van der Waals surface area contributed by atoms with Crippen LogP contribution in [0.2, 0.25) is 0 Å². The van der Waals surface area contributed by atoms with Crippen LogP contribution in [-0.2, 0) is 20.0 Å². The van der Waals surface area contributed by atoms with Crippen molar-refractivity contribution in [1.82, 2.24) is 0 Å². The molecule has 1 aromatic rings. The molecule has 19 heavy (non-hydrogen) atoms. The van der Waals surface area contributed by atoms with Gasteiger partial charge in [-0.05, 0) is 18.2 Å². The Morgan fingerprint density at radius 1 is 1.26 bits per heavy atom. The van der Waals surface area contributed by atoms with E-state index in [0.29, 0.717) is 5.69 Å². The summed E-state index contributed by atoms with van der Waals surface area (Å²) in [4.78, 5) is -0.220. The van der Waals surface area contributed by atoms with Crippen LogP contribution in [0.15, 0.2) is 40.6 Å². The first-order valence-corrected chi connectivity index (χ1v) is 8.61. The molecule has 1 rings (SSSR count). The molecular weight excluding hydrogens is 290 g/mol. The number of benzene rings is 1. The van der Waals surface area contributed by atoms with Gasteiger partial charge in [0.15, 0.2) is 9.84 Å². The van der Waals surface area contributed by atoms with E-state index in [-0.39, 0.29) is 17.2 Å². The van der Waals surface area contributed by atoms with E-state index in [4.69, 9.17) is 4.55 Å². The number of anilines is 1. The van der Waals surface area contributed by atoms with E-state index in [1.165, 1.54) is 24.3 Å². The zero-order valence-electron chi connectivity index (χ0n) is 10.3. The van der Waals surface area contributed by atoms with Gasteiger partial charge in [-0.2, -0.15) is 8.42 Å². The minimum absolute atomic E-state index is 0.0295.